The monoisotopic (exact) mass is 385 g/mol. The second kappa shape index (κ2) is 8.16. The highest BCUT2D eigenvalue weighted by Crippen LogP contribution is 2.29. The summed E-state index contributed by atoms with van der Waals surface area (Å²) in [5, 5.41) is 5.99. The van der Waals surface area contributed by atoms with Crippen LogP contribution >= 0.6 is 0 Å². The van der Waals surface area contributed by atoms with Crippen LogP contribution in [0.5, 0.6) is 5.75 Å². The first-order valence-electron chi connectivity index (χ1n) is 8.99. The highest BCUT2D eigenvalue weighted by atomic mass is 19.4. The molecule has 2 amide bonds. The van der Waals surface area contributed by atoms with Crippen molar-refractivity contribution in [2.75, 3.05) is 24.5 Å². The van der Waals surface area contributed by atoms with E-state index in [4.69, 9.17) is 0 Å². The van der Waals surface area contributed by atoms with Gasteiger partial charge in [0.05, 0.1) is 0 Å². The fourth-order valence-electron chi connectivity index (χ4n) is 3.48. The van der Waals surface area contributed by atoms with Crippen LogP contribution in [0.4, 0.5) is 18.9 Å². The van der Waals surface area contributed by atoms with Crippen LogP contribution in [0.15, 0.2) is 24.3 Å². The van der Waals surface area contributed by atoms with Gasteiger partial charge in [-0.2, -0.15) is 0 Å². The van der Waals surface area contributed by atoms with Crippen molar-refractivity contribution in [1.29, 1.82) is 0 Å². The van der Waals surface area contributed by atoms with Crippen LogP contribution in [0.3, 0.4) is 0 Å². The molecule has 1 aromatic rings. The number of nitrogens with zero attached hydrogens (tertiary/aromatic N) is 1. The number of hydrogen-bond acceptors (Lipinski definition) is 4. The van der Waals surface area contributed by atoms with E-state index in [-0.39, 0.29) is 17.6 Å². The summed E-state index contributed by atoms with van der Waals surface area (Å²) in [6.45, 7) is 2.21. The van der Waals surface area contributed by atoms with Gasteiger partial charge in [0.25, 0.3) is 0 Å². The quantitative estimate of drug-likeness (QED) is 0.788. The molecular formula is C18H22F3N3O3. The van der Waals surface area contributed by atoms with Crippen LogP contribution in [-0.4, -0.2) is 43.9 Å². The molecule has 2 aliphatic heterocycles. The molecule has 27 heavy (non-hydrogen) atoms. The Balaban J connectivity index is 1.54. The number of rotatable bonds is 6. The second-order valence-electron chi connectivity index (χ2n) is 6.84. The average molecular weight is 385 g/mol. The summed E-state index contributed by atoms with van der Waals surface area (Å²) in [6, 6.07) is 4.63. The van der Waals surface area contributed by atoms with E-state index in [1.807, 2.05) is 0 Å². The Morgan fingerprint density at radius 2 is 2.15 bits per heavy atom. The number of halogens is 3. The number of nitrogens with one attached hydrogen (secondary N) is 2. The summed E-state index contributed by atoms with van der Waals surface area (Å²) < 4.78 is 41.0. The molecule has 0 spiro atoms. The van der Waals surface area contributed by atoms with Crippen molar-refractivity contribution in [2.24, 2.45) is 5.92 Å². The zero-order valence-corrected chi connectivity index (χ0v) is 14.7. The van der Waals surface area contributed by atoms with E-state index in [1.165, 1.54) is 23.1 Å². The lowest BCUT2D eigenvalue weighted by atomic mass is 10.0. The van der Waals surface area contributed by atoms with Gasteiger partial charge in [0.1, 0.15) is 11.8 Å². The highest BCUT2D eigenvalue weighted by molar-refractivity contribution is 6.01. The molecule has 1 aromatic carbocycles. The standard InChI is InChI=1S/C18H22F3N3O3/c19-18(20,21)27-14-3-1-2-13(10-14)24-9-7-15(17(24)26)23-16(25)5-4-12-6-8-22-11-12/h1-3,10,12,15,22H,4-9,11H2,(H,23,25). The Morgan fingerprint density at radius 1 is 1.33 bits per heavy atom. The lowest BCUT2D eigenvalue weighted by molar-refractivity contribution is -0.274. The Kier molecular flexibility index (Phi) is 5.88. The van der Waals surface area contributed by atoms with Crippen molar-refractivity contribution in [3.05, 3.63) is 24.3 Å². The van der Waals surface area contributed by atoms with Crippen LogP contribution in [0.25, 0.3) is 0 Å². The van der Waals surface area contributed by atoms with E-state index in [1.54, 1.807) is 6.07 Å². The van der Waals surface area contributed by atoms with Crippen LogP contribution in [0.1, 0.15) is 25.7 Å². The summed E-state index contributed by atoms with van der Waals surface area (Å²) >= 11 is 0. The maximum Gasteiger partial charge on any atom is 0.573 e. The van der Waals surface area contributed by atoms with Gasteiger partial charge in [-0.1, -0.05) is 6.07 Å². The summed E-state index contributed by atoms with van der Waals surface area (Å²) in [5.74, 6) is -0.389. The summed E-state index contributed by atoms with van der Waals surface area (Å²) in [4.78, 5) is 26.0. The van der Waals surface area contributed by atoms with Gasteiger partial charge in [0.2, 0.25) is 11.8 Å². The van der Waals surface area contributed by atoms with E-state index in [0.29, 0.717) is 31.0 Å². The fourth-order valence-corrected chi connectivity index (χ4v) is 3.48. The fraction of sp³-hybridized carbons (Fsp3) is 0.556. The molecule has 2 saturated heterocycles. The van der Waals surface area contributed by atoms with E-state index in [0.717, 1.165) is 25.9 Å². The number of carbonyl (C=O) groups is 2. The molecule has 3 rings (SSSR count). The Labute approximate surface area is 155 Å². The molecule has 2 fully saturated rings. The van der Waals surface area contributed by atoms with E-state index in [9.17, 15) is 22.8 Å². The largest absolute Gasteiger partial charge is 0.573 e. The van der Waals surface area contributed by atoms with E-state index < -0.39 is 12.4 Å². The molecule has 148 valence electrons. The molecule has 2 unspecified atom stereocenters. The van der Waals surface area contributed by atoms with Gasteiger partial charge in [-0.05, 0) is 50.4 Å². The second-order valence-corrected chi connectivity index (χ2v) is 6.84. The van der Waals surface area contributed by atoms with Gasteiger partial charge >= 0.3 is 6.36 Å². The van der Waals surface area contributed by atoms with Gasteiger partial charge in [-0.3, -0.25) is 9.59 Å². The maximum absolute atomic E-state index is 12.5. The molecule has 6 nitrogen and oxygen atoms in total. The molecule has 0 radical (unpaired) electrons. The first-order valence-corrected chi connectivity index (χ1v) is 8.99. The number of carbonyl (C=O) groups excluding carboxylic acids is 2. The Morgan fingerprint density at radius 3 is 2.85 bits per heavy atom. The topological polar surface area (TPSA) is 70.7 Å². The van der Waals surface area contributed by atoms with Crippen LogP contribution in [0.2, 0.25) is 0 Å². The van der Waals surface area contributed by atoms with Crippen molar-refractivity contribution >= 4 is 17.5 Å². The zero-order chi connectivity index (χ0) is 19.4. The summed E-state index contributed by atoms with van der Waals surface area (Å²) in [5.41, 5.74) is 0.315. The molecular weight excluding hydrogens is 363 g/mol. The molecule has 0 bridgehead atoms. The van der Waals surface area contributed by atoms with Gasteiger partial charge in [0, 0.05) is 24.7 Å². The molecule has 0 aromatic heterocycles. The minimum absolute atomic E-state index is 0.170. The molecule has 0 saturated carbocycles. The number of alkyl halides is 3. The van der Waals surface area contributed by atoms with Gasteiger partial charge < -0.3 is 20.3 Å². The molecule has 9 heteroatoms. The van der Waals surface area contributed by atoms with Gasteiger partial charge in [0.15, 0.2) is 0 Å². The van der Waals surface area contributed by atoms with E-state index in [2.05, 4.69) is 15.4 Å². The number of ether oxygens (including phenoxy) is 1. The van der Waals surface area contributed by atoms with E-state index >= 15 is 0 Å². The first kappa shape index (κ1) is 19.5. The predicted molar refractivity (Wildman–Crippen MR) is 92.2 cm³/mol. The predicted octanol–water partition coefficient (Wildman–Crippen LogP) is 2.20. The van der Waals surface area contributed by atoms with Crippen molar-refractivity contribution < 1.29 is 27.5 Å². The van der Waals surface area contributed by atoms with Crippen molar-refractivity contribution in [3.8, 4) is 5.75 Å². The molecule has 2 aliphatic rings. The zero-order valence-electron chi connectivity index (χ0n) is 14.7. The SMILES string of the molecule is O=C(CCC1CCNC1)NC1CCN(c2cccc(OC(F)(F)F)c2)C1=O. The van der Waals surface area contributed by atoms with Gasteiger partial charge in [-0.25, -0.2) is 0 Å². The lowest BCUT2D eigenvalue weighted by Gasteiger charge is -2.18. The number of anilines is 1. The minimum Gasteiger partial charge on any atom is -0.406 e. The smallest absolute Gasteiger partial charge is 0.406 e. The van der Waals surface area contributed by atoms with Crippen molar-refractivity contribution in [3.63, 3.8) is 0 Å². The van der Waals surface area contributed by atoms with Crippen LogP contribution < -0.4 is 20.3 Å². The maximum atomic E-state index is 12.5. The normalized spacial score (nSPS) is 22.9. The van der Waals surface area contributed by atoms with Crippen LogP contribution in [-0.2, 0) is 9.59 Å². The highest BCUT2D eigenvalue weighted by Gasteiger charge is 2.35. The number of benzene rings is 1. The summed E-state index contributed by atoms with van der Waals surface area (Å²) in [7, 11) is 0. The first-order chi connectivity index (χ1) is 12.8. The molecule has 2 heterocycles. The number of amides is 2. The molecule has 0 aliphatic carbocycles. The Hall–Kier alpha value is -2.29. The third kappa shape index (κ3) is 5.35. The van der Waals surface area contributed by atoms with Crippen molar-refractivity contribution in [2.45, 2.75) is 38.1 Å². The van der Waals surface area contributed by atoms with Crippen LogP contribution in [0, 0.1) is 5.92 Å². The third-order valence-corrected chi connectivity index (χ3v) is 4.85. The van der Waals surface area contributed by atoms with Crippen molar-refractivity contribution in [1.82, 2.24) is 10.6 Å². The minimum atomic E-state index is -4.79. The Bertz CT molecular complexity index is 690. The lowest BCUT2D eigenvalue weighted by Crippen LogP contribution is -2.41. The van der Waals surface area contributed by atoms with Gasteiger partial charge in [-0.15, -0.1) is 13.2 Å². The third-order valence-electron chi connectivity index (χ3n) is 4.85. The molecule has 2 N–H and O–H groups in total. The average Bonchev–Trinajstić information content (AvgIpc) is 3.22. The molecule has 2 atom stereocenters. The number of hydrogen-bond donors (Lipinski definition) is 2. The summed E-state index contributed by atoms with van der Waals surface area (Å²) in [6.07, 6.45) is -2.18.